The molecule has 0 spiro atoms. The first-order valence-electron chi connectivity index (χ1n) is 7.15. The van der Waals surface area contributed by atoms with Crippen LogP contribution in [-0.4, -0.2) is 18.6 Å². The van der Waals surface area contributed by atoms with Crippen LogP contribution in [0.3, 0.4) is 0 Å². The highest BCUT2D eigenvalue weighted by Gasteiger charge is 2.27. The Bertz CT molecular complexity index is 174. The molecule has 1 rings (SSSR count). The van der Waals surface area contributed by atoms with Crippen LogP contribution in [0.5, 0.6) is 0 Å². The summed E-state index contributed by atoms with van der Waals surface area (Å²) in [5, 5.41) is 3.75. The van der Waals surface area contributed by atoms with Crippen molar-refractivity contribution in [3.05, 3.63) is 0 Å². The summed E-state index contributed by atoms with van der Waals surface area (Å²) in [4.78, 5) is 0. The van der Waals surface area contributed by atoms with Crippen LogP contribution in [0.25, 0.3) is 0 Å². The van der Waals surface area contributed by atoms with Crippen LogP contribution in [0.1, 0.15) is 65.2 Å². The second kappa shape index (κ2) is 7.29. The Labute approximate surface area is 101 Å². The highest BCUT2D eigenvalue weighted by molar-refractivity contribution is 4.87. The van der Waals surface area contributed by atoms with E-state index < -0.39 is 0 Å². The largest absolute Gasteiger partial charge is 0.330 e. The molecule has 1 unspecified atom stereocenters. The van der Waals surface area contributed by atoms with E-state index in [9.17, 15) is 0 Å². The third kappa shape index (κ3) is 4.84. The van der Waals surface area contributed by atoms with E-state index in [1.54, 1.807) is 0 Å². The van der Waals surface area contributed by atoms with Crippen LogP contribution in [0.4, 0.5) is 0 Å². The lowest BCUT2D eigenvalue weighted by Gasteiger charge is -2.25. The van der Waals surface area contributed by atoms with Gasteiger partial charge < -0.3 is 11.1 Å². The summed E-state index contributed by atoms with van der Waals surface area (Å²) in [7, 11) is 0. The maximum Gasteiger partial charge on any atom is 0.0153 e. The minimum atomic E-state index is 0.454. The highest BCUT2D eigenvalue weighted by Crippen LogP contribution is 2.28. The molecule has 1 saturated carbocycles. The molecule has 3 N–H and O–H groups in total. The van der Waals surface area contributed by atoms with Crippen molar-refractivity contribution < 1.29 is 0 Å². The second-order valence-electron chi connectivity index (χ2n) is 5.69. The van der Waals surface area contributed by atoms with E-state index in [0.29, 0.717) is 5.54 Å². The van der Waals surface area contributed by atoms with Crippen molar-refractivity contribution in [3.63, 3.8) is 0 Å². The summed E-state index contributed by atoms with van der Waals surface area (Å²) in [5.41, 5.74) is 6.07. The van der Waals surface area contributed by atoms with Crippen molar-refractivity contribution in [2.24, 2.45) is 11.7 Å². The van der Waals surface area contributed by atoms with E-state index in [1.165, 1.54) is 57.9 Å². The molecule has 0 saturated heterocycles. The van der Waals surface area contributed by atoms with E-state index in [-0.39, 0.29) is 0 Å². The van der Waals surface area contributed by atoms with Gasteiger partial charge in [0.2, 0.25) is 0 Å². The molecule has 1 fully saturated rings. The topological polar surface area (TPSA) is 38.0 Å². The van der Waals surface area contributed by atoms with Gasteiger partial charge in [-0.3, -0.25) is 0 Å². The van der Waals surface area contributed by atoms with Gasteiger partial charge in [-0.1, -0.05) is 26.2 Å². The molecule has 1 aliphatic carbocycles. The zero-order valence-corrected chi connectivity index (χ0v) is 11.2. The first kappa shape index (κ1) is 14.0. The molecule has 2 heteroatoms. The fourth-order valence-electron chi connectivity index (χ4n) is 2.90. The van der Waals surface area contributed by atoms with Crippen molar-refractivity contribution in [2.75, 3.05) is 13.1 Å². The normalized spacial score (nSPS) is 21.2. The second-order valence-corrected chi connectivity index (χ2v) is 5.69. The lowest BCUT2D eigenvalue weighted by atomic mass is 9.96. The summed E-state index contributed by atoms with van der Waals surface area (Å²) in [6.45, 7) is 6.71. The van der Waals surface area contributed by atoms with Crippen LogP contribution in [0.15, 0.2) is 0 Å². The van der Waals surface area contributed by atoms with Gasteiger partial charge in [-0.25, -0.2) is 0 Å². The average Bonchev–Trinajstić information content (AvgIpc) is 2.70. The van der Waals surface area contributed by atoms with Gasteiger partial charge >= 0.3 is 0 Å². The van der Waals surface area contributed by atoms with Crippen molar-refractivity contribution in [3.8, 4) is 0 Å². The maximum absolute atomic E-state index is 5.61. The Morgan fingerprint density at radius 1 is 1.25 bits per heavy atom. The molecule has 2 nitrogen and oxygen atoms in total. The van der Waals surface area contributed by atoms with Gasteiger partial charge in [-0.15, -0.1) is 0 Å². The van der Waals surface area contributed by atoms with Crippen LogP contribution in [-0.2, 0) is 0 Å². The fourth-order valence-corrected chi connectivity index (χ4v) is 2.90. The van der Waals surface area contributed by atoms with E-state index >= 15 is 0 Å². The smallest absolute Gasteiger partial charge is 0.0153 e. The van der Waals surface area contributed by atoms with E-state index in [0.717, 1.165) is 12.5 Å². The molecule has 0 radical (unpaired) electrons. The third-order valence-electron chi connectivity index (χ3n) is 4.20. The molecule has 0 aliphatic heterocycles. The summed E-state index contributed by atoms with van der Waals surface area (Å²) >= 11 is 0. The average molecular weight is 226 g/mol. The molecule has 16 heavy (non-hydrogen) atoms. The molecular formula is C14H30N2. The minimum Gasteiger partial charge on any atom is -0.330 e. The molecule has 0 aromatic rings. The summed E-state index contributed by atoms with van der Waals surface area (Å²) < 4.78 is 0. The molecule has 0 aromatic carbocycles. The number of hydrogen-bond donors (Lipinski definition) is 2. The molecule has 96 valence electrons. The molecule has 1 atom stereocenters. The van der Waals surface area contributed by atoms with Crippen molar-refractivity contribution in [1.82, 2.24) is 5.32 Å². The lowest BCUT2D eigenvalue weighted by Crippen LogP contribution is -2.40. The van der Waals surface area contributed by atoms with Crippen molar-refractivity contribution in [2.45, 2.75) is 70.8 Å². The molecule has 0 amide bonds. The highest BCUT2D eigenvalue weighted by atomic mass is 15.0. The van der Waals surface area contributed by atoms with Gasteiger partial charge in [0, 0.05) is 5.54 Å². The van der Waals surface area contributed by atoms with Gasteiger partial charge in [-0.05, 0) is 58.0 Å². The zero-order valence-electron chi connectivity index (χ0n) is 11.2. The molecular weight excluding hydrogens is 196 g/mol. The van der Waals surface area contributed by atoms with Crippen molar-refractivity contribution >= 4 is 0 Å². The molecule has 1 aliphatic rings. The Morgan fingerprint density at radius 2 is 1.94 bits per heavy atom. The molecule has 0 bridgehead atoms. The van der Waals surface area contributed by atoms with Crippen LogP contribution >= 0.6 is 0 Å². The minimum absolute atomic E-state index is 0.454. The fraction of sp³-hybridized carbons (Fsp3) is 1.00. The predicted octanol–water partition coefficient (Wildman–Crippen LogP) is 3.06. The van der Waals surface area contributed by atoms with Gasteiger partial charge in [0.1, 0.15) is 0 Å². The monoisotopic (exact) mass is 226 g/mol. The van der Waals surface area contributed by atoms with Crippen LogP contribution in [0.2, 0.25) is 0 Å². The zero-order chi connectivity index (χ0) is 11.9. The standard InChI is InChI=1S/C14H30N2/c1-3-13(8-11-15)7-6-12-16-14(2)9-4-5-10-14/h13,16H,3-12,15H2,1-2H3. The summed E-state index contributed by atoms with van der Waals surface area (Å²) in [5.74, 6) is 0.850. The van der Waals surface area contributed by atoms with Gasteiger partial charge in [0.05, 0.1) is 0 Å². The van der Waals surface area contributed by atoms with Gasteiger partial charge in [0.25, 0.3) is 0 Å². The SMILES string of the molecule is CCC(CCN)CCCNC1(C)CCCC1. The lowest BCUT2D eigenvalue weighted by molar-refractivity contribution is 0.345. The Morgan fingerprint density at radius 3 is 2.50 bits per heavy atom. The first-order chi connectivity index (χ1) is 7.70. The van der Waals surface area contributed by atoms with Gasteiger partial charge in [0.15, 0.2) is 0 Å². The third-order valence-corrected chi connectivity index (χ3v) is 4.20. The van der Waals surface area contributed by atoms with Gasteiger partial charge in [-0.2, -0.15) is 0 Å². The molecule has 0 aromatic heterocycles. The van der Waals surface area contributed by atoms with Crippen LogP contribution < -0.4 is 11.1 Å². The van der Waals surface area contributed by atoms with E-state index in [1.807, 2.05) is 0 Å². The summed E-state index contributed by atoms with van der Waals surface area (Å²) in [6, 6.07) is 0. The Hall–Kier alpha value is -0.0800. The first-order valence-corrected chi connectivity index (χ1v) is 7.15. The van der Waals surface area contributed by atoms with Crippen molar-refractivity contribution in [1.29, 1.82) is 0 Å². The number of nitrogens with two attached hydrogens (primary N) is 1. The molecule has 0 heterocycles. The summed E-state index contributed by atoms with van der Waals surface area (Å²) in [6.07, 6.45) is 10.7. The number of nitrogens with one attached hydrogen (secondary N) is 1. The van der Waals surface area contributed by atoms with Crippen LogP contribution in [0, 0.1) is 5.92 Å². The Kier molecular flexibility index (Phi) is 6.37. The predicted molar refractivity (Wildman–Crippen MR) is 71.6 cm³/mol. The van der Waals surface area contributed by atoms with E-state index in [4.69, 9.17) is 5.73 Å². The Balaban J connectivity index is 2.06. The number of rotatable bonds is 8. The van der Waals surface area contributed by atoms with E-state index in [2.05, 4.69) is 19.2 Å². The quantitative estimate of drug-likeness (QED) is 0.624. The maximum atomic E-state index is 5.61. The number of hydrogen-bond acceptors (Lipinski definition) is 2.